The van der Waals surface area contributed by atoms with E-state index >= 15 is 0 Å². The predicted octanol–water partition coefficient (Wildman–Crippen LogP) is 2.13. The second-order valence-electron chi connectivity index (χ2n) is 3.66. The fourth-order valence-corrected chi connectivity index (χ4v) is 1.76. The average Bonchev–Trinajstić information content (AvgIpc) is 2.26. The first kappa shape index (κ1) is 13.0. The third-order valence-corrected chi connectivity index (χ3v) is 2.70. The molecule has 0 saturated carbocycles. The van der Waals surface area contributed by atoms with E-state index in [0.29, 0.717) is 18.0 Å². The summed E-state index contributed by atoms with van der Waals surface area (Å²) in [4.78, 5) is 11.5. The van der Waals surface area contributed by atoms with Gasteiger partial charge in [-0.1, -0.05) is 29.8 Å². The highest BCUT2D eigenvalue weighted by Crippen LogP contribution is 2.21. The number of benzene rings is 1. The molecule has 2 N–H and O–H groups in total. The number of halogens is 1. The van der Waals surface area contributed by atoms with Crippen molar-refractivity contribution in [2.24, 2.45) is 0 Å². The van der Waals surface area contributed by atoms with E-state index in [0.717, 1.165) is 5.56 Å². The van der Waals surface area contributed by atoms with E-state index in [1.807, 2.05) is 38.2 Å². The molecule has 3 nitrogen and oxygen atoms in total. The SMILES string of the molecule is CNCCC(=O)NC(C)c1ccccc1Cl. The maximum absolute atomic E-state index is 11.5. The summed E-state index contributed by atoms with van der Waals surface area (Å²) < 4.78 is 0. The Kier molecular flexibility index (Phi) is 5.29. The Morgan fingerprint density at radius 2 is 2.12 bits per heavy atom. The summed E-state index contributed by atoms with van der Waals surface area (Å²) in [6.45, 7) is 2.61. The monoisotopic (exact) mass is 240 g/mol. The van der Waals surface area contributed by atoms with E-state index in [4.69, 9.17) is 11.6 Å². The van der Waals surface area contributed by atoms with Crippen molar-refractivity contribution in [3.05, 3.63) is 34.9 Å². The number of rotatable bonds is 5. The van der Waals surface area contributed by atoms with Crippen LogP contribution < -0.4 is 10.6 Å². The molecule has 1 unspecified atom stereocenters. The van der Waals surface area contributed by atoms with Crippen molar-refractivity contribution < 1.29 is 4.79 Å². The van der Waals surface area contributed by atoms with Crippen molar-refractivity contribution in [2.75, 3.05) is 13.6 Å². The summed E-state index contributed by atoms with van der Waals surface area (Å²) in [7, 11) is 1.82. The highest BCUT2D eigenvalue weighted by Gasteiger charge is 2.11. The highest BCUT2D eigenvalue weighted by atomic mass is 35.5. The van der Waals surface area contributed by atoms with Crippen LogP contribution in [0.15, 0.2) is 24.3 Å². The van der Waals surface area contributed by atoms with Gasteiger partial charge < -0.3 is 10.6 Å². The third-order valence-electron chi connectivity index (χ3n) is 2.35. The van der Waals surface area contributed by atoms with Crippen LogP contribution in [0.3, 0.4) is 0 Å². The summed E-state index contributed by atoms with van der Waals surface area (Å²) >= 11 is 6.04. The van der Waals surface area contributed by atoms with Gasteiger partial charge in [-0.3, -0.25) is 4.79 Å². The molecular weight excluding hydrogens is 224 g/mol. The maximum Gasteiger partial charge on any atom is 0.221 e. The van der Waals surface area contributed by atoms with Crippen LogP contribution in [0.5, 0.6) is 0 Å². The molecule has 0 heterocycles. The van der Waals surface area contributed by atoms with Crippen LogP contribution in [0.25, 0.3) is 0 Å². The molecule has 0 saturated heterocycles. The summed E-state index contributed by atoms with van der Waals surface area (Å²) in [5.41, 5.74) is 0.946. The summed E-state index contributed by atoms with van der Waals surface area (Å²) in [5, 5.41) is 6.53. The molecule has 1 atom stereocenters. The molecule has 88 valence electrons. The van der Waals surface area contributed by atoms with Crippen molar-refractivity contribution >= 4 is 17.5 Å². The molecule has 1 amide bonds. The van der Waals surface area contributed by atoms with E-state index in [2.05, 4.69) is 10.6 Å². The van der Waals surface area contributed by atoms with Crippen molar-refractivity contribution in [1.82, 2.24) is 10.6 Å². The van der Waals surface area contributed by atoms with Crippen molar-refractivity contribution in [3.8, 4) is 0 Å². The van der Waals surface area contributed by atoms with Gasteiger partial charge in [-0.15, -0.1) is 0 Å². The van der Waals surface area contributed by atoms with Crippen molar-refractivity contribution in [2.45, 2.75) is 19.4 Å². The fourth-order valence-electron chi connectivity index (χ4n) is 1.46. The van der Waals surface area contributed by atoms with Gasteiger partial charge in [0.05, 0.1) is 6.04 Å². The van der Waals surface area contributed by atoms with Crippen LogP contribution in [0, 0.1) is 0 Å². The molecule has 1 rings (SSSR count). The normalized spacial score (nSPS) is 12.2. The average molecular weight is 241 g/mol. The van der Waals surface area contributed by atoms with Crippen LogP contribution in [-0.4, -0.2) is 19.5 Å². The molecule has 16 heavy (non-hydrogen) atoms. The van der Waals surface area contributed by atoms with Crippen LogP contribution >= 0.6 is 11.6 Å². The summed E-state index contributed by atoms with van der Waals surface area (Å²) in [6.07, 6.45) is 0.477. The smallest absolute Gasteiger partial charge is 0.221 e. The number of hydrogen-bond donors (Lipinski definition) is 2. The Hall–Kier alpha value is -1.06. The largest absolute Gasteiger partial charge is 0.349 e. The summed E-state index contributed by atoms with van der Waals surface area (Å²) in [5.74, 6) is 0.0294. The number of hydrogen-bond acceptors (Lipinski definition) is 2. The lowest BCUT2D eigenvalue weighted by molar-refractivity contribution is -0.121. The van der Waals surface area contributed by atoms with E-state index in [1.54, 1.807) is 0 Å². The van der Waals surface area contributed by atoms with Gasteiger partial charge in [-0.25, -0.2) is 0 Å². The standard InChI is InChI=1S/C12H17ClN2O/c1-9(15-12(16)7-8-14-2)10-5-3-4-6-11(10)13/h3-6,9,14H,7-8H2,1-2H3,(H,15,16). The quantitative estimate of drug-likeness (QED) is 0.828. The lowest BCUT2D eigenvalue weighted by atomic mass is 10.1. The second kappa shape index (κ2) is 6.51. The predicted molar refractivity (Wildman–Crippen MR) is 66.6 cm³/mol. The molecular formula is C12H17ClN2O. The molecule has 0 aliphatic heterocycles. The highest BCUT2D eigenvalue weighted by molar-refractivity contribution is 6.31. The Bertz CT molecular complexity index is 355. The zero-order valence-electron chi connectivity index (χ0n) is 9.59. The Balaban J connectivity index is 2.55. The number of nitrogens with one attached hydrogen (secondary N) is 2. The van der Waals surface area contributed by atoms with Gasteiger partial charge in [0.15, 0.2) is 0 Å². The molecule has 1 aromatic rings. The first-order valence-electron chi connectivity index (χ1n) is 5.33. The maximum atomic E-state index is 11.5. The lowest BCUT2D eigenvalue weighted by Crippen LogP contribution is -2.29. The van der Waals surface area contributed by atoms with Gasteiger partial charge in [-0.05, 0) is 25.6 Å². The van der Waals surface area contributed by atoms with Gasteiger partial charge in [0.2, 0.25) is 5.91 Å². The van der Waals surface area contributed by atoms with Gasteiger partial charge in [0.25, 0.3) is 0 Å². The molecule has 4 heteroatoms. The van der Waals surface area contributed by atoms with Crippen molar-refractivity contribution in [3.63, 3.8) is 0 Å². The topological polar surface area (TPSA) is 41.1 Å². The molecule has 0 aliphatic carbocycles. The minimum Gasteiger partial charge on any atom is -0.349 e. The first-order chi connectivity index (χ1) is 7.65. The first-order valence-corrected chi connectivity index (χ1v) is 5.71. The van der Waals surface area contributed by atoms with E-state index in [1.165, 1.54) is 0 Å². The molecule has 1 aromatic carbocycles. The van der Waals surface area contributed by atoms with Gasteiger partial charge >= 0.3 is 0 Å². The van der Waals surface area contributed by atoms with Crippen LogP contribution in [0.2, 0.25) is 5.02 Å². The number of amides is 1. The fraction of sp³-hybridized carbons (Fsp3) is 0.417. The zero-order chi connectivity index (χ0) is 12.0. The Morgan fingerprint density at radius 1 is 1.44 bits per heavy atom. The van der Waals surface area contributed by atoms with Crippen molar-refractivity contribution in [1.29, 1.82) is 0 Å². The zero-order valence-corrected chi connectivity index (χ0v) is 10.3. The van der Waals surface area contributed by atoms with Crippen LogP contribution in [0.1, 0.15) is 24.9 Å². The molecule has 0 spiro atoms. The molecule has 0 fully saturated rings. The number of carbonyl (C=O) groups is 1. The molecule has 0 aromatic heterocycles. The van der Waals surface area contributed by atoms with E-state index in [9.17, 15) is 4.79 Å². The second-order valence-corrected chi connectivity index (χ2v) is 4.07. The van der Waals surface area contributed by atoms with Gasteiger partial charge in [-0.2, -0.15) is 0 Å². The molecule has 0 aliphatic rings. The van der Waals surface area contributed by atoms with Crippen LogP contribution in [-0.2, 0) is 4.79 Å². The molecule has 0 radical (unpaired) electrons. The number of carbonyl (C=O) groups excluding carboxylic acids is 1. The lowest BCUT2D eigenvalue weighted by Gasteiger charge is -2.15. The van der Waals surface area contributed by atoms with Gasteiger partial charge in [0, 0.05) is 18.0 Å². The summed E-state index contributed by atoms with van der Waals surface area (Å²) in [6, 6.07) is 7.48. The third kappa shape index (κ3) is 3.83. The van der Waals surface area contributed by atoms with E-state index in [-0.39, 0.29) is 11.9 Å². The minimum absolute atomic E-state index is 0.0294. The van der Waals surface area contributed by atoms with Gasteiger partial charge in [0.1, 0.15) is 0 Å². The van der Waals surface area contributed by atoms with Crippen LogP contribution in [0.4, 0.5) is 0 Å². The minimum atomic E-state index is -0.0574. The Labute approximate surface area is 101 Å². The Morgan fingerprint density at radius 3 is 2.75 bits per heavy atom. The molecule has 0 bridgehead atoms. The van der Waals surface area contributed by atoms with E-state index < -0.39 is 0 Å².